The number of esters is 2. The highest BCUT2D eigenvalue weighted by Gasteiger charge is 2.19. The largest absolute Gasteiger partial charge is 0.481 e. The first-order valence-electron chi connectivity index (χ1n) is 16.0. The molecule has 3 rings (SSSR count). The van der Waals surface area contributed by atoms with E-state index in [4.69, 9.17) is 18.9 Å². The molecular weight excluding hydrogens is 528 g/mol. The summed E-state index contributed by atoms with van der Waals surface area (Å²) in [5.41, 5.74) is 2.10. The van der Waals surface area contributed by atoms with Crippen LogP contribution >= 0.6 is 0 Å². The number of hydrogen-bond donors (Lipinski definition) is 0. The maximum absolute atomic E-state index is 12.5. The molecule has 0 fully saturated rings. The van der Waals surface area contributed by atoms with Crippen LogP contribution in [0.25, 0.3) is 21.5 Å². The molecule has 0 aliphatic rings. The Morgan fingerprint density at radius 2 is 0.905 bits per heavy atom. The van der Waals surface area contributed by atoms with Crippen LogP contribution in [0.2, 0.25) is 0 Å². The summed E-state index contributed by atoms with van der Waals surface area (Å²) in [5.74, 6) is 0.465. The fourth-order valence-electron chi connectivity index (χ4n) is 5.17. The molecule has 0 radical (unpaired) electrons. The number of hydrogen-bond acceptors (Lipinski definition) is 6. The van der Waals surface area contributed by atoms with E-state index in [0.29, 0.717) is 24.7 Å². The highest BCUT2D eigenvalue weighted by Crippen LogP contribution is 2.43. The van der Waals surface area contributed by atoms with Crippen LogP contribution in [-0.2, 0) is 19.1 Å². The van der Waals surface area contributed by atoms with Gasteiger partial charge in [0.25, 0.3) is 0 Å². The maximum atomic E-state index is 12.5. The minimum atomic E-state index is -0.377. The van der Waals surface area contributed by atoms with E-state index in [1.807, 2.05) is 50.2 Å². The second kappa shape index (κ2) is 18.3. The smallest absolute Gasteiger partial charge is 0.344 e. The van der Waals surface area contributed by atoms with Gasteiger partial charge in [0.2, 0.25) is 0 Å². The Labute approximate surface area is 252 Å². The Bertz CT molecular complexity index is 1180. The van der Waals surface area contributed by atoms with Crippen LogP contribution in [0.5, 0.6) is 11.5 Å². The lowest BCUT2D eigenvalue weighted by Gasteiger charge is -2.18. The van der Waals surface area contributed by atoms with Gasteiger partial charge in [-0.1, -0.05) is 113 Å². The molecular formula is C36H50O6. The molecule has 230 valence electrons. The summed E-state index contributed by atoms with van der Waals surface area (Å²) in [6, 6.07) is 12.0. The molecule has 0 aromatic heterocycles. The highest BCUT2D eigenvalue weighted by molar-refractivity contribution is 6.11. The van der Waals surface area contributed by atoms with Gasteiger partial charge < -0.3 is 18.9 Å². The number of benzene rings is 3. The molecule has 0 saturated heterocycles. The summed E-state index contributed by atoms with van der Waals surface area (Å²) in [6.07, 6.45) is 13.6. The van der Waals surface area contributed by atoms with E-state index >= 15 is 0 Å². The third-order valence-corrected chi connectivity index (χ3v) is 7.52. The fraction of sp³-hybridized carbons (Fsp3) is 0.556. The highest BCUT2D eigenvalue weighted by atomic mass is 16.6. The monoisotopic (exact) mass is 578 g/mol. The maximum Gasteiger partial charge on any atom is 0.344 e. The minimum absolute atomic E-state index is 0.174. The van der Waals surface area contributed by atoms with E-state index in [1.54, 1.807) is 0 Å². The topological polar surface area (TPSA) is 71.1 Å². The Hall–Kier alpha value is -3.28. The number of fused-ring (bicyclic) bond motifs is 2. The van der Waals surface area contributed by atoms with Gasteiger partial charge >= 0.3 is 11.9 Å². The summed E-state index contributed by atoms with van der Waals surface area (Å²) in [6.45, 7) is 8.90. The molecule has 0 saturated carbocycles. The quantitative estimate of drug-likeness (QED) is 0.0756. The van der Waals surface area contributed by atoms with Gasteiger partial charge in [-0.25, -0.2) is 9.59 Å². The van der Waals surface area contributed by atoms with Crippen LogP contribution in [0, 0.1) is 13.8 Å². The normalized spacial score (nSPS) is 11.1. The Morgan fingerprint density at radius 3 is 1.31 bits per heavy atom. The number of rotatable bonds is 20. The van der Waals surface area contributed by atoms with E-state index in [-0.39, 0.29) is 25.2 Å². The van der Waals surface area contributed by atoms with E-state index in [2.05, 4.69) is 13.8 Å². The van der Waals surface area contributed by atoms with Crippen molar-refractivity contribution in [2.24, 2.45) is 0 Å². The van der Waals surface area contributed by atoms with Crippen molar-refractivity contribution >= 4 is 33.5 Å². The van der Waals surface area contributed by atoms with Crippen molar-refractivity contribution in [2.75, 3.05) is 26.4 Å². The zero-order chi connectivity index (χ0) is 30.2. The van der Waals surface area contributed by atoms with Gasteiger partial charge in [-0.15, -0.1) is 0 Å². The predicted molar refractivity (Wildman–Crippen MR) is 171 cm³/mol. The number of carbonyl (C=O) groups is 2. The number of ether oxygens (including phenoxy) is 4. The van der Waals surface area contributed by atoms with Gasteiger partial charge in [0.1, 0.15) is 11.5 Å². The summed E-state index contributed by atoms with van der Waals surface area (Å²) >= 11 is 0. The third kappa shape index (κ3) is 10.5. The lowest BCUT2D eigenvalue weighted by Crippen LogP contribution is -2.17. The van der Waals surface area contributed by atoms with E-state index in [1.165, 1.54) is 51.4 Å². The van der Waals surface area contributed by atoms with Crippen LogP contribution in [-0.4, -0.2) is 38.4 Å². The molecule has 3 aromatic carbocycles. The van der Waals surface area contributed by atoms with Gasteiger partial charge in [0.05, 0.1) is 13.2 Å². The Morgan fingerprint density at radius 1 is 0.524 bits per heavy atom. The van der Waals surface area contributed by atoms with E-state index in [0.717, 1.165) is 58.4 Å². The zero-order valence-electron chi connectivity index (χ0n) is 26.2. The van der Waals surface area contributed by atoms with Crippen molar-refractivity contribution in [3.63, 3.8) is 0 Å². The third-order valence-electron chi connectivity index (χ3n) is 7.52. The standard InChI is InChI=1S/C36H50O6/c1-5-7-9-11-13-15-21-39-33(37)25-41-35-29-19-17-28(4)24-32(29)36(30-20-18-27(3)23-31(30)35)42-26-34(38)40-22-16-14-12-10-8-6-2/h17-20,23-24H,5-16,21-22,25-26H2,1-4H3. The van der Waals surface area contributed by atoms with Gasteiger partial charge in [-0.2, -0.15) is 0 Å². The molecule has 6 heteroatoms. The number of aryl methyl sites for hydroxylation is 2. The summed E-state index contributed by atoms with van der Waals surface area (Å²) in [4.78, 5) is 25.1. The van der Waals surface area contributed by atoms with Crippen LogP contribution in [0.15, 0.2) is 36.4 Å². The second-order valence-electron chi connectivity index (χ2n) is 11.3. The SMILES string of the molecule is CCCCCCCCOC(=O)COc1c2ccc(C)cc2c(OCC(=O)OCCCCCCCC)c2ccc(C)cc12. The zero-order valence-corrected chi connectivity index (χ0v) is 26.2. The van der Waals surface area contributed by atoms with E-state index < -0.39 is 0 Å². The molecule has 3 aromatic rings. The van der Waals surface area contributed by atoms with Gasteiger partial charge in [0, 0.05) is 21.5 Å². The summed E-state index contributed by atoms with van der Waals surface area (Å²) < 4.78 is 23.2. The van der Waals surface area contributed by atoms with Crippen molar-refractivity contribution in [1.82, 2.24) is 0 Å². The first-order valence-corrected chi connectivity index (χ1v) is 16.0. The van der Waals surface area contributed by atoms with Crippen LogP contribution in [0.1, 0.15) is 102 Å². The molecule has 0 bridgehead atoms. The molecule has 0 aliphatic heterocycles. The van der Waals surface area contributed by atoms with Gasteiger partial charge in [-0.3, -0.25) is 0 Å². The first-order chi connectivity index (χ1) is 20.4. The van der Waals surface area contributed by atoms with Gasteiger partial charge in [0.15, 0.2) is 13.2 Å². The second-order valence-corrected chi connectivity index (χ2v) is 11.3. The summed E-state index contributed by atoms with van der Waals surface area (Å²) in [7, 11) is 0. The lowest BCUT2D eigenvalue weighted by atomic mass is 9.98. The fourth-order valence-corrected chi connectivity index (χ4v) is 5.17. The molecule has 0 aliphatic carbocycles. The molecule has 0 spiro atoms. The molecule has 42 heavy (non-hydrogen) atoms. The lowest BCUT2D eigenvalue weighted by molar-refractivity contribution is -0.147. The van der Waals surface area contributed by atoms with Crippen LogP contribution < -0.4 is 9.47 Å². The van der Waals surface area contributed by atoms with Gasteiger partial charge in [-0.05, 0) is 38.8 Å². The first kappa shape index (κ1) is 33.2. The minimum Gasteiger partial charge on any atom is -0.481 e. The molecule has 0 heterocycles. The molecule has 0 amide bonds. The van der Waals surface area contributed by atoms with Crippen molar-refractivity contribution in [3.8, 4) is 11.5 Å². The average molecular weight is 579 g/mol. The number of carbonyl (C=O) groups excluding carboxylic acids is 2. The Kier molecular flexibility index (Phi) is 14.5. The van der Waals surface area contributed by atoms with Crippen molar-refractivity contribution in [3.05, 3.63) is 47.5 Å². The van der Waals surface area contributed by atoms with Crippen LogP contribution in [0.4, 0.5) is 0 Å². The average Bonchev–Trinajstić information content (AvgIpc) is 2.98. The molecule has 6 nitrogen and oxygen atoms in total. The molecule has 0 unspecified atom stereocenters. The summed E-state index contributed by atoms with van der Waals surface area (Å²) in [5, 5.41) is 3.28. The molecule has 0 atom stereocenters. The van der Waals surface area contributed by atoms with E-state index in [9.17, 15) is 9.59 Å². The Balaban J connectivity index is 1.70. The van der Waals surface area contributed by atoms with Crippen molar-refractivity contribution < 1.29 is 28.5 Å². The van der Waals surface area contributed by atoms with Crippen molar-refractivity contribution in [1.29, 1.82) is 0 Å². The number of unbranched alkanes of at least 4 members (excludes halogenated alkanes) is 10. The van der Waals surface area contributed by atoms with Crippen molar-refractivity contribution in [2.45, 2.75) is 105 Å². The molecule has 0 N–H and O–H groups in total. The van der Waals surface area contributed by atoms with Crippen LogP contribution in [0.3, 0.4) is 0 Å². The predicted octanol–water partition coefficient (Wildman–Crippen LogP) is 9.17.